The zero-order chi connectivity index (χ0) is 29.7. The summed E-state index contributed by atoms with van der Waals surface area (Å²) in [5, 5.41) is 24.8. The predicted octanol–water partition coefficient (Wildman–Crippen LogP) is 6.02. The number of carbonyl (C=O) groups excluding carboxylic acids is 1. The second kappa shape index (κ2) is 12.2. The molecule has 1 unspecified atom stereocenters. The van der Waals surface area contributed by atoms with E-state index in [1.165, 1.54) is 52.9 Å². The molecule has 0 saturated carbocycles. The number of ether oxygens (including phenoxy) is 1. The Morgan fingerprint density at radius 2 is 1.74 bits per heavy atom. The fraction of sp³-hybridized carbons (Fsp3) is 0.161. The zero-order valence-electron chi connectivity index (χ0n) is 22.2. The molecule has 3 aromatic carbocycles. The summed E-state index contributed by atoms with van der Waals surface area (Å²) >= 11 is 1.31. The van der Waals surface area contributed by atoms with Gasteiger partial charge in [0.05, 0.1) is 40.5 Å². The minimum absolute atomic E-state index is 0.103. The Morgan fingerprint density at radius 3 is 2.38 bits per heavy atom. The number of hydrogen-bond acceptors (Lipinski definition) is 8. The van der Waals surface area contributed by atoms with Crippen LogP contribution in [0.1, 0.15) is 44.9 Å². The number of Topliss-reactive ketones (excluding diaryl/α,β-unsaturated/α-hetero) is 1. The van der Waals surface area contributed by atoms with E-state index in [4.69, 9.17) is 20.2 Å². The molecule has 2 atom stereocenters. The van der Waals surface area contributed by atoms with Crippen LogP contribution in [0.2, 0.25) is 0 Å². The molecule has 42 heavy (non-hydrogen) atoms. The Morgan fingerprint density at radius 1 is 1.05 bits per heavy atom. The lowest BCUT2D eigenvalue weighted by Gasteiger charge is -2.38. The number of halogens is 2. The molecule has 0 radical (unpaired) electrons. The second-order valence-electron chi connectivity index (χ2n) is 9.49. The highest BCUT2D eigenvalue weighted by Gasteiger charge is 2.45. The number of thiazole rings is 1. The minimum atomic E-state index is -1.65. The first-order chi connectivity index (χ1) is 20.3. The van der Waals surface area contributed by atoms with Crippen LogP contribution in [0.3, 0.4) is 0 Å². The smallest absolute Gasteiger partial charge is 0.188 e. The van der Waals surface area contributed by atoms with Crippen molar-refractivity contribution in [3.63, 3.8) is 0 Å². The number of benzene rings is 3. The van der Waals surface area contributed by atoms with Crippen LogP contribution in [0.5, 0.6) is 0 Å². The van der Waals surface area contributed by atoms with Crippen LogP contribution in [-0.2, 0) is 16.9 Å². The number of nitriles is 2. The van der Waals surface area contributed by atoms with Crippen molar-refractivity contribution in [1.29, 1.82) is 10.5 Å². The van der Waals surface area contributed by atoms with Crippen molar-refractivity contribution < 1.29 is 18.3 Å². The van der Waals surface area contributed by atoms with Crippen LogP contribution in [0, 0.1) is 34.3 Å². The minimum Gasteiger partial charge on any atom is -0.359 e. The number of carbonyl (C=O) groups is 1. The van der Waals surface area contributed by atoms with Crippen molar-refractivity contribution in [3.8, 4) is 23.4 Å². The molecule has 0 N–H and O–H groups in total. The van der Waals surface area contributed by atoms with Gasteiger partial charge in [-0.1, -0.05) is 31.2 Å². The third-order valence-electron chi connectivity index (χ3n) is 6.95. The van der Waals surface area contributed by atoms with Crippen LogP contribution >= 0.6 is 11.3 Å². The number of aromatic nitrogens is 4. The topological polar surface area (TPSA) is 117 Å². The van der Waals surface area contributed by atoms with E-state index in [-0.39, 0.29) is 12.1 Å². The molecule has 5 aromatic rings. The van der Waals surface area contributed by atoms with Crippen LogP contribution < -0.4 is 0 Å². The van der Waals surface area contributed by atoms with Crippen molar-refractivity contribution in [3.05, 3.63) is 124 Å². The molecule has 0 amide bonds. The Labute approximate surface area is 244 Å². The first-order valence-corrected chi connectivity index (χ1v) is 13.6. The van der Waals surface area contributed by atoms with Crippen LogP contribution in [0.15, 0.2) is 84.8 Å². The lowest BCUT2D eigenvalue weighted by molar-refractivity contribution is -0.0747. The molecule has 2 heterocycles. The summed E-state index contributed by atoms with van der Waals surface area (Å²) in [6, 6.07) is 20.2. The van der Waals surface area contributed by atoms with Gasteiger partial charge in [-0.15, -0.1) is 11.3 Å². The van der Waals surface area contributed by atoms with E-state index in [2.05, 4.69) is 16.2 Å². The maximum atomic E-state index is 15.6. The van der Waals surface area contributed by atoms with Gasteiger partial charge in [-0.2, -0.15) is 15.6 Å². The molecule has 0 bridgehead atoms. The molecular weight excluding hydrogens is 558 g/mol. The SMILES string of the molecule is C[C@@H](c1nc(-c2ccc(C#N)cc2)cs1)C(Cn1cncn1)(OCC(=O)c1ccc(C#N)cc1)c1cc(F)ccc1F. The molecule has 208 valence electrons. The second-order valence-corrected chi connectivity index (χ2v) is 10.4. The van der Waals surface area contributed by atoms with Gasteiger partial charge in [-0.3, -0.25) is 4.79 Å². The van der Waals surface area contributed by atoms with Gasteiger partial charge < -0.3 is 4.74 Å². The molecule has 11 heteroatoms. The Balaban J connectivity index is 1.58. The highest BCUT2D eigenvalue weighted by molar-refractivity contribution is 7.10. The molecule has 0 aliphatic heterocycles. The monoisotopic (exact) mass is 580 g/mol. The quantitative estimate of drug-likeness (QED) is 0.185. The van der Waals surface area contributed by atoms with E-state index in [1.807, 2.05) is 11.4 Å². The van der Waals surface area contributed by atoms with E-state index in [0.29, 0.717) is 27.4 Å². The maximum Gasteiger partial charge on any atom is 0.188 e. The number of rotatable bonds is 10. The largest absolute Gasteiger partial charge is 0.359 e. The molecule has 0 spiro atoms. The van der Waals surface area contributed by atoms with Gasteiger partial charge in [0.25, 0.3) is 0 Å². The summed E-state index contributed by atoms with van der Waals surface area (Å²) in [6.07, 6.45) is 2.74. The lowest BCUT2D eigenvalue weighted by Crippen LogP contribution is -2.42. The summed E-state index contributed by atoms with van der Waals surface area (Å²) in [4.78, 5) is 22.0. The predicted molar refractivity (Wildman–Crippen MR) is 150 cm³/mol. The molecule has 8 nitrogen and oxygen atoms in total. The van der Waals surface area contributed by atoms with Gasteiger partial charge in [-0.25, -0.2) is 23.4 Å². The van der Waals surface area contributed by atoms with Gasteiger partial charge in [0, 0.05) is 28.0 Å². The third-order valence-corrected chi connectivity index (χ3v) is 7.97. The van der Waals surface area contributed by atoms with Crippen molar-refractivity contribution in [2.24, 2.45) is 0 Å². The normalized spacial score (nSPS) is 13.1. The molecule has 0 fully saturated rings. The number of hydrogen-bond donors (Lipinski definition) is 0. The molecule has 2 aromatic heterocycles. The molecule has 0 saturated heterocycles. The standard InChI is InChI=1S/C31H22F2N6O2S/c1-20(30-38-28(16-42-30)23-6-2-21(13-34)3-7-23)31(17-39-19-36-18-37-39,26-12-25(32)10-11-27(26)33)41-15-29(40)24-8-4-22(14-35)5-9-24/h2-12,16,18-20H,15,17H2,1H3/t20-,31?/m0/s1. The van der Waals surface area contributed by atoms with E-state index in [9.17, 15) is 9.18 Å². The van der Waals surface area contributed by atoms with E-state index < -0.39 is 35.5 Å². The fourth-order valence-electron chi connectivity index (χ4n) is 4.62. The first kappa shape index (κ1) is 28.4. The Hall–Kier alpha value is -5.10. The van der Waals surface area contributed by atoms with E-state index >= 15 is 4.39 Å². The molecule has 5 rings (SSSR count). The summed E-state index contributed by atoms with van der Waals surface area (Å²) in [5.41, 5.74) is 0.860. The van der Waals surface area contributed by atoms with Gasteiger partial charge in [0.2, 0.25) is 0 Å². The molecule has 0 aliphatic carbocycles. The fourth-order valence-corrected chi connectivity index (χ4v) is 5.59. The van der Waals surface area contributed by atoms with E-state index in [1.54, 1.807) is 31.2 Å². The van der Waals surface area contributed by atoms with E-state index in [0.717, 1.165) is 23.8 Å². The highest BCUT2D eigenvalue weighted by atomic mass is 32.1. The van der Waals surface area contributed by atoms with Gasteiger partial charge >= 0.3 is 0 Å². The maximum absolute atomic E-state index is 15.6. The van der Waals surface area contributed by atoms with Gasteiger partial charge in [0.1, 0.15) is 36.5 Å². The third kappa shape index (κ3) is 5.84. The van der Waals surface area contributed by atoms with Crippen LogP contribution in [0.4, 0.5) is 8.78 Å². The Kier molecular flexibility index (Phi) is 8.25. The zero-order valence-corrected chi connectivity index (χ0v) is 23.1. The summed E-state index contributed by atoms with van der Waals surface area (Å²) in [6.45, 7) is 1.19. The summed E-state index contributed by atoms with van der Waals surface area (Å²) in [7, 11) is 0. The average molecular weight is 581 g/mol. The van der Waals surface area contributed by atoms with Crippen molar-refractivity contribution in [1.82, 2.24) is 19.7 Å². The number of nitrogens with zero attached hydrogens (tertiary/aromatic N) is 6. The first-order valence-electron chi connectivity index (χ1n) is 12.7. The van der Waals surface area contributed by atoms with Crippen LogP contribution in [-0.4, -0.2) is 32.1 Å². The van der Waals surface area contributed by atoms with Gasteiger partial charge in [-0.05, 0) is 42.5 Å². The lowest BCUT2D eigenvalue weighted by atomic mass is 9.81. The van der Waals surface area contributed by atoms with Crippen molar-refractivity contribution in [2.75, 3.05) is 6.61 Å². The average Bonchev–Trinajstić information content (AvgIpc) is 3.73. The number of ketones is 1. The van der Waals surface area contributed by atoms with Crippen molar-refractivity contribution in [2.45, 2.75) is 25.0 Å². The van der Waals surface area contributed by atoms with Crippen LogP contribution in [0.25, 0.3) is 11.3 Å². The molecule has 0 aliphatic rings. The summed E-state index contributed by atoms with van der Waals surface area (Å²) < 4.78 is 38.1. The van der Waals surface area contributed by atoms with Gasteiger partial charge in [0.15, 0.2) is 5.78 Å². The molecular formula is C31H22F2N6O2S. The summed E-state index contributed by atoms with van der Waals surface area (Å²) in [5.74, 6) is -2.52. The Bertz CT molecular complexity index is 1790. The van der Waals surface area contributed by atoms with Crippen molar-refractivity contribution >= 4 is 17.1 Å². The highest BCUT2D eigenvalue weighted by Crippen LogP contribution is 2.44.